The number of nitrogens with zero attached hydrogens (tertiary/aromatic N) is 2. The molecule has 1 aromatic carbocycles. The summed E-state index contributed by atoms with van der Waals surface area (Å²) in [6.45, 7) is 2.63. The van der Waals surface area contributed by atoms with Gasteiger partial charge in [0.05, 0.1) is 12.2 Å². The highest BCUT2D eigenvalue weighted by atomic mass is 16.1. The third-order valence-electron chi connectivity index (χ3n) is 4.60. The Hall–Kier alpha value is -2.10. The van der Waals surface area contributed by atoms with Crippen molar-refractivity contribution in [2.24, 2.45) is 5.92 Å². The number of hydrogen-bond donors (Lipinski definition) is 1. The summed E-state index contributed by atoms with van der Waals surface area (Å²) in [5.41, 5.74) is 2.10. The maximum absolute atomic E-state index is 12.2. The van der Waals surface area contributed by atoms with E-state index >= 15 is 0 Å². The number of amides is 1. The third-order valence-corrected chi connectivity index (χ3v) is 4.60. The van der Waals surface area contributed by atoms with Crippen molar-refractivity contribution < 1.29 is 4.79 Å². The van der Waals surface area contributed by atoms with Crippen LogP contribution in [0.15, 0.2) is 36.4 Å². The fourth-order valence-corrected chi connectivity index (χ4v) is 3.36. The van der Waals surface area contributed by atoms with E-state index in [1.807, 2.05) is 35.9 Å². The Morgan fingerprint density at radius 2 is 2.00 bits per heavy atom. The quantitative estimate of drug-likeness (QED) is 0.871. The van der Waals surface area contributed by atoms with Crippen LogP contribution in [0.4, 0.5) is 5.82 Å². The Balaban J connectivity index is 1.59. The zero-order valence-electron chi connectivity index (χ0n) is 13.8. The van der Waals surface area contributed by atoms with E-state index in [4.69, 9.17) is 0 Å². The molecule has 1 aromatic heterocycles. The van der Waals surface area contributed by atoms with Gasteiger partial charge >= 0.3 is 0 Å². The van der Waals surface area contributed by atoms with Crippen molar-refractivity contribution >= 4 is 11.7 Å². The van der Waals surface area contributed by atoms with Crippen LogP contribution in [0.1, 0.15) is 49.8 Å². The van der Waals surface area contributed by atoms with E-state index in [2.05, 4.69) is 22.5 Å². The molecule has 1 amide bonds. The minimum atomic E-state index is 0.103. The molecule has 0 radical (unpaired) electrons. The van der Waals surface area contributed by atoms with Gasteiger partial charge in [-0.15, -0.1) is 0 Å². The summed E-state index contributed by atoms with van der Waals surface area (Å²) in [6, 6.07) is 12.1. The monoisotopic (exact) mass is 311 g/mol. The summed E-state index contributed by atoms with van der Waals surface area (Å²) >= 11 is 0. The number of carbonyl (C=O) groups excluding carboxylic acids is 1. The zero-order chi connectivity index (χ0) is 16.1. The topological polar surface area (TPSA) is 46.9 Å². The maximum atomic E-state index is 12.2. The van der Waals surface area contributed by atoms with Gasteiger partial charge in [-0.05, 0) is 24.8 Å². The van der Waals surface area contributed by atoms with Gasteiger partial charge in [0.1, 0.15) is 5.82 Å². The van der Waals surface area contributed by atoms with Crippen LogP contribution < -0.4 is 5.32 Å². The molecule has 0 saturated heterocycles. The van der Waals surface area contributed by atoms with Gasteiger partial charge in [0.15, 0.2) is 0 Å². The van der Waals surface area contributed by atoms with Crippen molar-refractivity contribution in [2.45, 2.75) is 52.0 Å². The van der Waals surface area contributed by atoms with E-state index < -0.39 is 0 Å². The molecule has 1 aliphatic carbocycles. The summed E-state index contributed by atoms with van der Waals surface area (Å²) in [4.78, 5) is 12.2. The number of anilines is 1. The molecule has 4 nitrogen and oxygen atoms in total. The first kappa shape index (κ1) is 15.8. The van der Waals surface area contributed by atoms with Gasteiger partial charge in [-0.3, -0.25) is 4.79 Å². The van der Waals surface area contributed by atoms with E-state index in [1.54, 1.807) is 0 Å². The lowest BCUT2D eigenvalue weighted by molar-refractivity contribution is -0.116. The average Bonchev–Trinajstić information content (AvgIpc) is 3.17. The van der Waals surface area contributed by atoms with Crippen molar-refractivity contribution in [1.29, 1.82) is 0 Å². The van der Waals surface area contributed by atoms with Crippen LogP contribution in [0.25, 0.3) is 0 Å². The Bertz CT molecular complexity index is 642. The van der Waals surface area contributed by atoms with Gasteiger partial charge in [-0.2, -0.15) is 5.10 Å². The van der Waals surface area contributed by atoms with E-state index in [1.165, 1.54) is 31.2 Å². The highest BCUT2D eigenvalue weighted by Crippen LogP contribution is 2.28. The van der Waals surface area contributed by atoms with Gasteiger partial charge in [-0.1, -0.05) is 56.0 Å². The molecule has 1 heterocycles. The van der Waals surface area contributed by atoms with Gasteiger partial charge in [0, 0.05) is 12.5 Å². The Labute approximate surface area is 137 Å². The molecule has 0 spiro atoms. The summed E-state index contributed by atoms with van der Waals surface area (Å²) in [5.74, 6) is 1.64. The first-order valence-corrected chi connectivity index (χ1v) is 8.59. The molecular formula is C19H25N3O. The van der Waals surface area contributed by atoms with Gasteiger partial charge in [0.2, 0.25) is 5.91 Å². The van der Waals surface area contributed by atoms with E-state index in [0.29, 0.717) is 13.0 Å². The number of benzene rings is 1. The number of aryl methyl sites for hydroxylation is 1. The third kappa shape index (κ3) is 4.44. The SMILES string of the molecule is Cc1cc(NC(=O)CCC2CCCC2)n(Cc2ccccc2)n1. The smallest absolute Gasteiger partial charge is 0.225 e. The standard InChI is InChI=1S/C19H25N3O/c1-15-13-18(20-19(23)12-11-16-7-5-6-8-16)22(21-15)14-17-9-3-2-4-10-17/h2-4,9-10,13,16H,5-8,11-12,14H2,1H3,(H,20,23). The minimum absolute atomic E-state index is 0.103. The molecule has 1 N–H and O–H groups in total. The lowest BCUT2D eigenvalue weighted by atomic mass is 10.0. The lowest BCUT2D eigenvalue weighted by Gasteiger charge is -2.11. The first-order valence-electron chi connectivity index (χ1n) is 8.59. The lowest BCUT2D eigenvalue weighted by Crippen LogP contribution is -2.16. The minimum Gasteiger partial charge on any atom is -0.311 e. The summed E-state index contributed by atoms with van der Waals surface area (Å²) < 4.78 is 1.87. The van der Waals surface area contributed by atoms with Crippen LogP contribution in [0, 0.1) is 12.8 Å². The van der Waals surface area contributed by atoms with Crippen molar-refractivity contribution in [3.05, 3.63) is 47.7 Å². The molecule has 0 bridgehead atoms. The number of hydrogen-bond acceptors (Lipinski definition) is 2. The van der Waals surface area contributed by atoms with Crippen LogP contribution in [0.2, 0.25) is 0 Å². The Morgan fingerprint density at radius 3 is 2.74 bits per heavy atom. The largest absolute Gasteiger partial charge is 0.311 e. The normalized spacial score (nSPS) is 15.0. The van der Waals surface area contributed by atoms with Gasteiger partial charge in [0.25, 0.3) is 0 Å². The first-order chi connectivity index (χ1) is 11.2. The highest BCUT2D eigenvalue weighted by Gasteiger charge is 2.17. The van der Waals surface area contributed by atoms with Crippen LogP contribution in [0.5, 0.6) is 0 Å². The molecule has 1 saturated carbocycles. The fourth-order valence-electron chi connectivity index (χ4n) is 3.36. The van der Waals surface area contributed by atoms with Gasteiger partial charge in [-0.25, -0.2) is 4.68 Å². The molecular weight excluding hydrogens is 286 g/mol. The van der Waals surface area contributed by atoms with Crippen LogP contribution >= 0.6 is 0 Å². The van der Waals surface area contributed by atoms with Crippen molar-refractivity contribution in [3.8, 4) is 0 Å². The second-order valence-electron chi connectivity index (χ2n) is 6.55. The predicted octanol–water partition coefficient (Wildman–Crippen LogP) is 4.15. The molecule has 0 unspecified atom stereocenters. The molecule has 4 heteroatoms. The van der Waals surface area contributed by atoms with Crippen LogP contribution in [-0.2, 0) is 11.3 Å². The Kier molecular flexibility index (Phi) is 5.11. The van der Waals surface area contributed by atoms with Crippen molar-refractivity contribution in [3.63, 3.8) is 0 Å². The summed E-state index contributed by atoms with van der Waals surface area (Å²) in [7, 11) is 0. The molecule has 3 rings (SSSR count). The van der Waals surface area contributed by atoms with Crippen LogP contribution in [-0.4, -0.2) is 15.7 Å². The number of aromatic nitrogens is 2. The number of rotatable bonds is 6. The number of nitrogens with one attached hydrogen (secondary N) is 1. The molecule has 1 fully saturated rings. The number of carbonyl (C=O) groups is 1. The van der Waals surface area contributed by atoms with Crippen LogP contribution in [0.3, 0.4) is 0 Å². The zero-order valence-corrected chi connectivity index (χ0v) is 13.8. The molecule has 2 aromatic rings. The average molecular weight is 311 g/mol. The van der Waals surface area contributed by atoms with Crippen molar-refractivity contribution in [1.82, 2.24) is 9.78 Å². The molecule has 0 atom stereocenters. The predicted molar refractivity (Wildman–Crippen MR) is 92.3 cm³/mol. The molecule has 23 heavy (non-hydrogen) atoms. The van der Waals surface area contributed by atoms with Crippen molar-refractivity contribution in [2.75, 3.05) is 5.32 Å². The fraction of sp³-hybridized carbons (Fsp3) is 0.474. The summed E-state index contributed by atoms with van der Waals surface area (Å²) in [5, 5.41) is 7.54. The van der Waals surface area contributed by atoms with E-state index in [0.717, 1.165) is 23.9 Å². The molecule has 122 valence electrons. The molecule has 0 aliphatic heterocycles. The molecule has 1 aliphatic rings. The second-order valence-corrected chi connectivity index (χ2v) is 6.55. The highest BCUT2D eigenvalue weighted by molar-refractivity contribution is 5.89. The Morgan fingerprint density at radius 1 is 1.26 bits per heavy atom. The second kappa shape index (κ2) is 7.44. The van der Waals surface area contributed by atoms with E-state index in [-0.39, 0.29) is 5.91 Å². The van der Waals surface area contributed by atoms with Gasteiger partial charge < -0.3 is 5.32 Å². The van der Waals surface area contributed by atoms with E-state index in [9.17, 15) is 4.79 Å². The summed E-state index contributed by atoms with van der Waals surface area (Å²) in [6.07, 6.45) is 6.86. The maximum Gasteiger partial charge on any atom is 0.225 e.